The third-order valence-corrected chi connectivity index (χ3v) is 6.46. The Morgan fingerprint density at radius 3 is 2.00 bits per heavy atom. The molecule has 3 aromatic rings. The fraction of sp³-hybridized carbons (Fsp3) is 0.136. The number of anilines is 1. The third-order valence-electron chi connectivity index (χ3n) is 4.65. The molecule has 4 rings (SSSR count). The Kier molecular flexibility index (Phi) is 4.77. The molecule has 5 heteroatoms. The predicted octanol–water partition coefficient (Wildman–Crippen LogP) is 4.14. The van der Waals surface area contributed by atoms with E-state index in [2.05, 4.69) is 0 Å². The first-order chi connectivity index (χ1) is 13.1. The summed E-state index contributed by atoms with van der Waals surface area (Å²) in [5.41, 5.74) is 2.84. The highest BCUT2D eigenvalue weighted by Crippen LogP contribution is 2.28. The molecule has 0 saturated carbocycles. The molecule has 0 aliphatic carbocycles. The lowest BCUT2D eigenvalue weighted by Crippen LogP contribution is -2.33. The van der Waals surface area contributed by atoms with Gasteiger partial charge in [0.15, 0.2) is 9.84 Å². The topological polar surface area (TPSA) is 49.7 Å². The number of rotatable bonds is 5. The Morgan fingerprint density at radius 1 is 0.815 bits per heavy atom. The summed E-state index contributed by atoms with van der Waals surface area (Å²) in [5.74, 6) is 0.0196. The van der Waals surface area contributed by atoms with Crippen molar-refractivity contribution in [1.29, 1.82) is 0 Å². The van der Waals surface area contributed by atoms with E-state index in [1.807, 2.05) is 71.7 Å². The van der Waals surface area contributed by atoms with Gasteiger partial charge in [0.1, 0.15) is 0 Å². The summed E-state index contributed by atoms with van der Waals surface area (Å²) < 4.78 is 25.9. The first-order valence-corrected chi connectivity index (χ1v) is 10.5. The van der Waals surface area contributed by atoms with E-state index in [4.69, 9.17) is 5.10 Å². The molecule has 0 bridgehead atoms. The molecule has 0 aromatic heterocycles. The number of hydrogen-bond acceptors (Lipinski definition) is 4. The molecular weight excluding hydrogens is 356 g/mol. The van der Waals surface area contributed by atoms with E-state index in [9.17, 15) is 8.42 Å². The maximum atomic E-state index is 12.9. The van der Waals surface area contributed by atoms with E-state index in [1.54, 1.807) is 24.3 Å². The first-order valence-electron chi connectivity index (χ1n) is 8.88. The summed E-state index contributed by atoms with van der Waals surface area (Å²) in [6.45, 7) is 0. The van der Waals surface area contributed by atoms with E-state index >= 15 is 0 Å². The van der Waals surface area contributed by atoms with E-state index in [0.717, 1.165) is 17.0 Å². The van der Waals surface area contributed by atoms with Gasteiger partial charge in [-0.1, -0.05) is 66.7 Å². The van der Waals surface area contributed by atoms with Crippen LogP contribution in [-0.2, 0) is 9.84 Å². The zero-order chi connectivity index (χ0) is 18.7. The molecule has 1 heterocycles. The van der Waals surface area contributed by atoms with Gasteiger partial charge in [0.25, 0.3) is 0 Å². The minimum atomic E-state index is -3.41. The molecule has 1 aliphatic heterocycles. The lowest BCUT2D eigenvalue weighted by molar-refractivity contribution is 0.585. The van der Waals surface area contributed by atoms with E-state index < -0.39 is 9.84 Å². The fourth-order valence-corrected chi connectivity index (χ4v) is 4.85. The van der Waals surface area contributed by atoms with Crippen molar-refractivity contribution < 1.29 is 8.42 Å². The Morgan fingerprint density at radius 2 is 1.37 bits per heavy atom. The van der Waals surface area contributed by atoms with Crippen LogP contribution in [0.4, 0.5) is 5.69 Å². The molecule has 1 atom stereocenters. The van der Waals surface area contributed by atoms with Crippen LogP contribution in [0.3, 0.4) is 0 Å². The Hall–Kier alpha value is -2.92. The second kappa shape index (κ2) is 7.37. The zero-order valence-corrected chi connectivity index (χ0v) is 15.6. The molecular formula is C22H20N2O2S. The van der Waals surface area contributed by atoms with Gasteiger partial charge in [-0.3, -0.25) is 5.01 Å². The first kappa shape index (κ1) is 17.5. The van der Waals surface area contributed by atoms with Crippen molar-refractivity contribution in [1.82, 2.24) is 0 Å². The van der Waals surface area contributed by atoms with Crippen LogP contribution in [0.1, 0.15) is 12.0 Å². The normalized spacial score (nSPS) is 17.0. The van der Waals surface area contributed by atoms with Crippen LogP contribution in [0, 0.1) is 0 Å². The smallest absolute Gasteiger partial charge is 0.180 e. The van der Waals surface area contributed by atoms with Crippen molar-refractivity contribution in [3.05, 3.63) is 96.6 Å². The van der Waals surface area contributed by atoms with Gasteiger partial charge >= 0.3 is 0 Å². The second-order valence-electron chi connectivity index (χ2n) is 6.55. The molecule has 0 unspecified atom stereocenters. The van der Waals surface area contributed by atoms with Crippen molar-refractivity contribution in [2.75, 3.05) is 10.8 Å². The van der Waals surface area contributed by atoms with E-state index in [1.165, 1.54) is 0 Å². The third kappa shape index (κ3) is 3.78. The molecule has 3 aromatic carbocycles. The summed E-state index contributed by atoms with van der Waals surface area (Å²) in [6, 6.07) is 28.0. The number of nitrogens with zero attached hydrogens (tertiary/aromatic N) is 2. The van der Waals surface area contributed by atoms with Crippen molar-refractivity contribution >= 4 is 21.2 Å². The molecule has 0 N–H and O–H groups in total. The zero-order valence-electron chi connectivity index (χ0n) is 14.8. The molecule has 0 amide bonds. The maximum absolute atomic E-state index is 12.9. The molecule has 4 nitrogen and oxygen atoms in total. The largest absolute Gasteiger partial charge is 0.261 e. The Bertz CT molecular complexity index is 1030. The summed E-state index contributed by atoms with van der Waals surface area (Å²) in [5, 5.41) is 6.62. The highest BCUT2D eigenvalue weighted by molar-refractivity contribution is 7.91. The van der Waals surface area contributed by atoms with Crippen molar-refractivity contribution in [3.63, 3.8) is 0 Å². The van der Waals surface area contributed by atoms with E-state index in [0.29, 0.717) is 11.3 Å². The van der Waals surface area contributed by atoms with Crippen LogP contribution < -0.4 is 5.01 Å². The fourth-order valence-electron chi connectivity index (χ4n) is 3.32. The number of sulfone groups is 1. The lowest BCUT2D eigenvalue weighted by Gasteiger charge is -2.23. The number of para-hydroxylation sites is 1. The summed E-state index contributed by atoms with van der Waals surface area (Å²) in [7, 11) is -3.41. The van der Waals surface area contributed by atoms with Gasteiger partial charge in [0.2, 0.25) is 0 Å². The van der Waals surface area contributed by atoms with Crippen molar-refractivity contribution in [3.8, 4) is 0 Å². The quantitative estimate of drug-likeness (QED) is 0.672. The summed E-state index contributed by atoms with van der Waals surface area (Å²) in [6.07, 6.45) is 0.588. The summed E-state index contributed by atoms with van der Waals surface area (Å²) >= 11 is 0. The van der Waals surface area contributed by atoms with Gasteiger partial charge in [-0.25, -0.2) is 8.42 Å². The highest BCUT2D eigenvalue weighted by Gasteiger charge is 2.33. The molecule has 0 saturated heterocycles. The SMILES string of the molecule is O=S(=O)(C[C@@H]1CC(c2ccccc2)=NN1c1ccccc1)c1ccccc1. The monoisotopic (exact) mass is 376 g/mol. The predicted molar refractivity (Wildman–Crippen MR) is 109 cm³/mol. The standard InChI is InChI=1S/C22H20N2O2S/c25-27(26,21-14-8-3-9-15-21)17-20-16-22(18-10-4-1-5-11-18)23-24(20)19-12-6-2-7-13-19/h1-15,20H,16-17H2/t20-/m0/s1. The second-order valence-corrected chi connectivity index (χ2v) is 8.58. The minimum absolute atomic E-state index is 0.0196. The molecule has 136 valence electrons. The Labute approximate surface area is 159 Å². The van der Waals surface area contributed by atoms with Crippen LogP contribution in [-0.4, -0.2) is 25.9 Å². The van der Waals surface area contributed by atoms with Crippen LogP contribution in [0.15, 0.2) is 101 Å². The molecule has 0 fully saturated rings. The number of hydrogen-bond donors (Lipinski definition) is 0. The maximum Gasteiger partial charge on any atom is 0.180 e. The minimum Gasteiger partial charge on any atom is -0.261 e. The average Bonchev–Trinajstić information content (AvgIpc) is 3.13. The van der Waals surface area contributed by atoms with Crippen LogP contribution in [0.25, 0.3) is 0 Å². The Balaban J connectivity index is 1.67. The van der Waals surface area contributed by atoms with Gasteiger partial charge < -0.3 is 0 Å². The van der Waals surface area contributed by atoms with Crippen molar-refractivity contribution in [2.24, 2.45) is 5.10 Å². The molecule has 0 radical (unpaired) electrons. The number of benzene rings is 3. The van der Waals surface area contributed by atoms with Gasteiger partial charge in [-0.2, -0.15) is 5.10 Å². The van der Waals surface area contributed by atoms with Crippen LogP contribution >= 0.6 is 0 Å². The van der Waals surface area contributed by atoms with E-state index in [-0.39, 0.29) is 11.8 Å². The summed E-state index contributed by atoms with van der Waals surface area (Å²) in [4.78, 5) is 0.353. The van der Waals surface area contributed by atoms with Crippen LogP contribution in [0.2, 0.25) is 0 Å². The van der Waals surface area contributed by atoms with Gasteiger partial charge in [-0.05, 0) is 29.8 Å². The molecule has 0 spiro atoms. The van der Waals surface area contributed by atoms with Gasteiger partial charge in [0, 0.05) is 6.42 Å². The van der Waals surface area contributed by atoms with Gasteiger partial charge in [0.05, 0.1) is 28.1 Å². The van der Waals surface area contributed by atoms with Crippen molar-refractivity contribution in [2.45, 2.75) is 17.4 Å². The molecule has 27 heavy (non-hydrogen) atoms. The van der Waals surface area contributed by atoms with Gasteiger partial charge in [-0.15, -0.1) is 0 Å². The number of hydrazone groups is 1. The average molecular weight is 376 g/mol. The van der Waals surface area contributed by atoms with Crippen LogP contribution in [0.5, 0.6) is 0 Å². The lowest BCUT2D eigenvalue weighted by atomic mass is 10.1. The molecule has 1 aliphatic rings. The highest BCUT2D eigenvalue weighted by atomic mass is 32.2.